The van der Waals surface area contributed by atoms with E-state index in [1.54, 1.807) is 12.3 Å². The summed E-state index contributed by atoms with van der Waals surface area (Å²) in [6, 6.07) is 3.45. The molecule has 1 rings (SSSR count). The summed E-state index contributed by atoms with van der Waals surface area (Å²) >= 11 is 0. The molecule has 1 atom stereocenters. The predicted molar refractivity (Wildman–Crippen MR) is 58.4 cm³/mol. The fourth-order valence-electron chi connectivity index (χ4n) is 0.945. The number of nitrogens with two attached hydrogens (primary N) is 1. The number of hydrogen-bond donors (Lipinski definition) is 3. The van der Waals surface area contributed by atoms with E-state index >= 15 is 0 Å². The van der Waals surface area contributed by atoms with Crippen molar-refractivity contribution in [2.24, 2.45) is 5.73 Å². The normalized spacial score (nSPS) is 13.4. The van der Waals surface area contributed by atoms with Crippen LogP contribution in [0.15, 0.2) is 30.4 Å². The number of nitrogens with zero attached hydrogens (tertiary/aromatic N) is 1. The summed E-state index contributed by atoms with van der Waals surface area (Å²) in [4.78, 5) is 4.03. The van der Waals surface area contributed by atoms with Crippen molar-refractivity contribution in [1.82, 2.24) is 4.98 Å². The van der Waals surface area contributed by atoms with Gasteiger partial charge in [0.05, 0.1) is 6.21 Å². The zero-order valence-electron chi connectivity index (χ0n) is 8.37. The third-order valence-corrected chi connectivity index (χ3v) is 1.81. The fraction of sp³-hybridized carbons (Fsp3) is 0.200. The molecule has 80 valence electrons. The smallest absolute Gasteiger partial charge is 0.156 e. The van der Waals surface area contributed by atoms with E-state index in [0.29, 0.717) is 12.0 Å². The number of halogens is 1. The van der Waals surface area contributed by atoms with Crippen molar-refractivity contribution < 1.29 is 4.39 Å². The lowest BCUT2D eigenvalue weighted by molar-refractivity contribution is 0.683. The number of allylic oxidation sites excluding steroid dienone is 1. The third kappa shape index (κ3) is 3.47. The van der Waals surface area contributed by atoms with Gasteiger partial charge in [0.25, 0.3) is 0 Å². The molecule has 0 fully saturated rings. The first-order valence-electron chi connectivity index (χ1n) is 4.47. The average Bonchev–Trinajstić information content (AvgIpc) is 2.26. The summed E-state index contributed by atoms with van der Waals surface area (Å²) in [6.07, 6.45) is 3.31. The molecule has 0 bridgehead atoms. The summed E-state index contributed by atoms with van der Waals surface area (Å²) < 4.78 is 12.5. The quantitative estimate of drug-likeness (QED) is 0.662. The van der Waals surface area contributed by atoms with Gasteiger partial charge in [0.2, 0.25) is 0 Å². The molecule has 0 saturated carbocycles. The molecule has 0 spiro atoms. The Bertz CT molecular complexity index is 356. The molecule has 0 radical (unpaired) electrons. The molecule has 0 unspecified atom stereocenters. The van der Waals surface area contributed by atoms with Gasteiger partial charge in [-0.3, -0.25) is 0 Å². The molecule has 4 N–H and O–H groups in total. The first-order chi connectivity index (χ1) is 7.13. The van der Waals surface area contributed by atoms with Crippen LogP contribution in [-0.2, 0) is 0 Å². The van der Waals surface area contributed by atoms with E-state index in [9.17, 15) is 4.39 Å². The van der Waals surface area contributed by atoms with Crippen molar-refractivity contribution in [3.63, 3.8) is 0 Å². The minimum Gasteiger partial charge on any atom is -0.344 e. The molecular formula is C10H13FN4. The van der Waals surface area contributed by atoms with Crippen molar-refractivity contribution in [2.45, 2.75) is 13.0 Å². The number of rotatable bonds is 4. The zero-order chi connectivity index (χ0) is 11.3. The van der Waals surface area contributed by atoms with E-state index < -0.39 is 5.83 Å². The lowest BCUT2D eigenvalue weighted by atomic mass is 10.2. The lowest BCUT2D eigenvalue weighted by Crippen LogP contribution is -2.05. The Hall–Kier alpha value is -1.75. The van der Waals surface area contributed by atoms with Gasteiger partial charge in [0, 0.05) is 18.4 Å². The molecule has 0 amide bonds. The number of anilines is 1. The lowest BCUT2D eigenvalue weighted by Gasteiger charge is -2.05. The summed E-state index contributed by atoms with van der Waals surface area (Å²) in [6.45, 7) is 1.86. The summed E-state index contributed by atoms with van der Waals surface area (Å²) in [7, 11) is 0. The highest BCUT2D eigenvalue weighted by atomic mass is 19.1. The summed E-state index contributed by atoms with van der Waals surface area (Å²) in [5, 5.41) is 9.24. The van der Waals surface area contributed by atoms with Gasteiger partial charge in [-0.1, -0.05) is 6.07 Å². The van der Waals surface area contributed by atoms with Crippen LogP contribution in [0.4, 0.5) is 10.2 Å². The molecule has 1 aromatic rings. The van der Waals surface area contributed by atoms with Crippen molar-refractivity contribution in [3.05, 3.63) is 35.9 Å². The van der Waals surface area contributed by atoms with E-state index in [4.69, 9.17) is 11.1 Å². The van der Waals surface area contributed by atoms with Gasteiger partial charge in [-0.2, -0.15) is 0 Å². The Kier molecular flexibility index (Phi) is 3.93. The number of pyridine rings is 1. The highest BCUT2D eigenvalue weighted by Crippen LogP contribution is 2.10. The molecule has 1 aromatic heterocycles. The van der Waals surface area contributed by atoms with Crippen molar-refractivity contribution >= 4 is 12.0 Å². The second kappa shape index (κ2) is 5.21. The van der Waals surface area contributed by atoms with Crippen LogP contribution in [0.5, 0.6) is 0 Å². The van der Waals surface area contributed by atoms with Crippen LogP contribution in [-0.4, -0.2) is 11.2 Å². The minimum absolute atomic E-state index is 0.0691. The van der Waals surface area contributed by atoms with Crippen LogP contribution < -0.4 is 11.1 Å². The van der Waals surface area contributed by atoms with Crippen LogP contribution >= 0.6 is 0 Å². The largest absolute Gasteiger partial charge is 0.344 e. The second-order valence-corrected chi connectivity index (χ2v) is 3.08. The highest BCUT2D eigenvalue weighted by Gasteiger charge is 1.99. The van der Waals surface area contributed by atoms with E-state index in [2.05, 4.69) is 10.3 Å². The van der Waals surface area contributed by atoms with Gasteiger partial charge < -0.3 is 16.5 Å². The Morgan fingerprint density at radius 3 is 2.87 bits per heavy atom. The van der Waals surface area contributed by atoms with E-state index in [-0.39, 0.29) is 6.04 Å². The molecule has 4 nitrogen and oxygen atoms in total. The fourth-order valence-corrected chi connectivity index (χ4v) is 0.945. The van der Waals surface area contributed by atoms with Crippen LogP contribution in [0.2, 0.25) is 0 Å². The van der Waals surface area contributed by atoms with Gasteiger partial charge in [0.1, 0.15) is 5.82 Å². The van der Waals surface area contributed by atoms with Crippen LogP contribution in [0.3, 0.4) is 0 Å². The van der Waals surface area contributed by atoms with Crippen LogP contribution in [0, 0.1) is 5.41 Å². The molecule has 0 aliphatic rings. The summed E-state index contributed by atoms with van der Waals surface area (Å²) in [5.74, 6) is -0.149. The highest BCUT2D eigenvalue weighted by molar-refractivity contribution is 5.73. The summed E-state index contributed by atoms with van der Waals surface area (Å²) in [5.41, 5.74) is 6.56. The van der Waals surface area contributed by atoms with E-state index in [1.165, 1.54) is 0 Å². The molecule has 5 heteroatoms. The minimum atomic E-state index is -0.659. The Morgan fingerprint density at radius 2 is 2.40 bits per heavy atom. The van der Waals surface area contributed by atoms with Gasteiger partial charge in [-0.25, -0.2) is 9.37 Å². The number of aromatic nitrogens is 1. The average molecular weight is 208 g/mol. The maximum Gasteiger partial charge on any atom is 0.156 e. The second-order valence-electron chi connectivity index (χ2n) is 3.08. The standard InChI is InChI=1S/C10H13FN4/c1-7(13)8-2-3-10(14-5-8)15-6-9(11)4-12/h2-7,12H,13H2,1H3,(H,14,15)/b9-6+,12-4?/t7-/m0/s1. The van der Waals surface area contributed by atoms with Gasteiger partial charge >= 0.3 is 0 Å². The van der Waals surface area contributed by atoms with Gasteiger partial charge in [-0.05, 0) is 18.6 Å². The monoisotopic (exact) mass is 208 g/mol. The van der Waals surface area contributed by atoms with Crippen molar-refractivity contribution in [2.75, 3.05) is 5.32 Å². The maximum atomic E-state index is 12.5. The molecule has 0 saturated heterocycles. The van der Waals surface area contributed by atoms with Crippen LogP contribution in [0.1, 0.15) is 18.5 Å². The molecule has 0 aliphatic heterocycles. The Balaban J connectivity index is 2.69. The van der Waals surface area contributed by atoms with E-state index in [1.807, 2.05) is 13.0 Å². The molecule has 15 heavy (non-hydrogen) atoms. The van der Waals surface area contributed by atoms with Crippen molar-refractivity contribution in [3.8, 4) is 0 Å². The van der Waals surface area contributed by atoms with Crippen molar-refractivity contribution in [1.29, 1.82) is 5.41 Å². The Labute approximate surface area is 87.5 Å². The first-order valence-corrected chi connectivity index (χ1v) is 4.47. The molecule has 0 aliphatic carbocycles. The molecular weight excluding hydrogens is 195 g/mol. The topological polar surface area (TPSA) is 74.8 Å². The zero-order valence-corrected chi connectivity index (χ0v) is 8.37. The third-order valence-electron chi connectivity index (χ3n) is 1.81. The molecule has 1 heterocycles. The molecule has 0 aromatic carbocycles. The predicted octanol–water partition coefficient (Wildman–Crippen LogP) is 1.97. The number of nitrogens with one attached hydrogen (secondary N) is 2. The van der Waals surface area contributed by atoms with Gasteiger partial charge in [-0.15, -0.1) is 0 Å². The van der Waals surface area contributed by atoms with E-state index in [0.717, 1.165) is 11.8 Å². The number of hydrogen-bond acceptors (Lipinski definition) is 4. The SMILES string of the molecule is C[C@H](N)c1ccc(N/C=C(/F)C=N)nc1. The van der Waals surface area contributed by atoms with Gasteiger partial charge in [0.15, 0.2) is 5.83 Å². The maximum absolute atomic E-state index is 12.5. The van der Waals surface area contributed by atoms with Crippen LogP contribution in [0.25, 0.3) is 0 Å². The first kappa shape index (κ1) is 11.3. The Morgan fingerprint density at radius 1 is 1.67 bits per heavy atom.